The first-order valence-corrected chi connectivity index (χ1v) is 10.0. The summed E-state index contributed by atoms with van der Waals surface area (Å²) in [7, 11) is 0. The Labute approximate surface area is 189 Å². The van der Waals surface area contributed by atoms with Gasteiger partial charge in [0.2, 0.25) is 6.79 Å². The molecule has 33 heavy (non-hydrogen) atoms. The fraction of sp³-hybridized carbons (Fsp3) is 0.0833. The molecular weight excluding hydrogens is 424 g/mol. The van der Waals surface area contributed by atoms with Crippen LogP contribution < -0.4 is 25.5 Å². The minimum Gasteiger partial charge on any atom is -0.454 e. The molecule has 4 rings (SSSR count). The fourth-order valence-corrected chi connectivity index (χ4v) is 3.10. The van der Waals surface area contributed by atoms with Crippen LogP contribution in [0.25, 0.3) is 0 Å². The molecule has 0 unspecified atom stereocenters. The molecule has 1 aliphatic heterocycles. The van der Waals surface area contributed by atoms with Gasteiger partial charge in [-0.1, -0.05) is 24.3 Å². The molecule has 3 amide bonds. The number of amides is 3. The third kappa shape index (κ3) is 5.34. The van der Waals surface area contributed by atoms with Gasteiger partial charge in [0.25, 0.3) is 5.91 Å². The molecule has 9 heteroatoms. The monoisotopic (exact) mass is 444 g/mol. The maximum Gasteiger partial charge on any atom is 0.329 e. The van der Waals surface area contributed by atoms with Crippen LogP contribution in [0, 0.1) is 6.92 Å². The van der Waals surface area contributed by atoms with Gasteiger partial charge in [0.1, 0.15) is 0 Å². The normalized spacial score (nSPS) is 11.8. The first-order chi connectivity index (χ1) is 16.0. The number of fused-ring (bicyclic) bond motifs is 1. The molecule has 3 aromatic rings. The van der Waals surface area contributed by atoms with Gasteiger partial charge in [0.05, 0.1) is 17.5 Å². The molecule has 0 aliphatic carbocycles. The highest BCUT2D eigenvalue weighted by molar-refractivity contribution is 6.40. The number of carbonyl (C=O) groups excluding carboxylic acids is 3. The number of anilines is 2. The lowest BCUT2D eigenvalue weighted by Crippen LogP contribution is -2.33. The first kappa shape index (κ1) is 21.6. The number of hydrogen-bond acceptors (Lipinski definition) is 6. The van der Waals surface area contributed by atoms with Crippen molar-refractivity contribution in [3.63, 3.8) is 0 Å². The second kappa shape index (κ2) is 9.65. The van der Waals surface area contributed by atoms with E-state index >= 15 is 0 Å². The molecule has 3 aromatic carbocycles. The lowest BCUT2D eigenvalue weighted by atomic mass is 10.1. The molecule has 0 spiro atoms. The summed E-state index contributed by atoms with van der Waals surface area (Å²) in [5.74, 6) is -1.17. The highest BCUT2D eigenvalue weighted by Gasteiger charge is 2.18. The number of benzene rings is 3. The van der Waals surface area contributed by atoms with E-state index in [2.05, 4.69) is 21.2 Å². The summed E-state index contributed by atoms with van der Waals surface area (Å²) in [4.78, 5) is 37.2. The van der Waals surface area contributed by atoms with Crippen molar-refractivity contribution in [1.29, 1.82) is 0 Å². The molecule has 0 atom stereocenters. The standard InChI is InChI=1S/C24H20N4O5/c1-15-5-4-6-17(11-15)26-22(29)18-7-2-3-8-19(18)27-23(30)24(31)28-25-13-16-9-10-20-21(12-16)33-14-32-20/h2-13H,14H2,1H3,(H,26,29)(H,27,30)(H,28,31)/b25-13-. The van der Waals surface area contributed by atoms with Crippen LogP contribution in [0.15, 0.2) is 71.8 Å². The summed E-state index contributed by atoms with van der Waals surface area (Å²) < 4.78 is 10.5. The molecule has 0 saturated heterocycles. The van der Waals surface area contributed by atoms with E-state index in [-0.39, 0.29) is 18.0 Å². The van der Waals surface area contributed by atoms with E-state index in [4.69, 9.17) is 9.47 Å². The predicted octanol–water partition coefficient (Wildman–Crippen LogP) is 3.06. The number of nitrogens with one attached hydrogen (secondary N) is 3. The van der Waals surface area contributed by atoms with Crippen molar-refractivity contribution in [3.8, 4) is 11.5 Å². The molecule has 1 heterocycles. The minimum absolute atomic E-state index is 0.150. The van der Waals surface area contributed by atoms with Crippen molar-refractivity contribution >= 4 is 35.3 Å². The van der Waals surface area contributed by atoms with Crippen LogP contribution in [-0.2, 0) is 9.59 Å². The number of carbonyl (C=O) groups is 3. The van der Waals surface area contributed by atoms with Gasteiger partial charge in [-0.3, -0.25) is 14.4 Å². The van der Waals surface area contributed by atoms with E-state index in [9.17, 15) is 14.4 Å². The van der Waals surface area contributed by atoms with E-state index in [1.165, 1.54) is 12.3 Å². The van der Waals surface area contributed by atoms with Crippen molar-refractivity contribution in [2.75, 3.05) is 17.4 Å². The Morgan fingerprint density at radius 3 is 2.55 bits per heavy atom. The maximum atomic E-state index is 12.7. The highest BCUT2D eigenvalue weighted by atomic mass is 16.7. The predicted molar refractivity (Wildman–Crippen MR) is 123 cm³/mol. The molecule has 9 nitrogen and oxygen atoms in total. The maximum absolute atomic E-state index is 12.7. The van der Waals surface area contributed by atoms with Gasteiger partial charge >= 0.3 is 11.8 Å². The average Bonchev–Trinajstić information content (AvgIpc) is 3.27. The third-order valence-corrected chi connectivity index (χ3v) is 4.68. The van der Waals surface area contributed by atoms with Gasteiger partial charge in [-0.25, -0.2) is 5.43 Å². The van der Waals surface area contributed by atoms with E-state index in [1.807, 2.05) is 25.1 Å². The number of hydrazone groups is 1. The van der Waals surface area contributed by atoms with Crippen LogP contribution in [0.2, 0.25) is 0 Å². The number of rotatable bonds is 5. The molecule has 1 aliphatic rings. The molecule has 0 fully saturated rings. The molecule has 0 radical (unpaired) electrons. The van der Waals surface area contributed by atoms with Crippen molar-refractivity contribution in [2.24, 2.45) is 5.10 Å². The molecule has 3 N–H and O–H groups in total. The summed E-state index contributed by atoms with van der Waals surface area (Å²) >= 11 is 0. The zero-order valence-electron chi connectivity index (χ0n) is 17.6. The van der Waals surface area contributed by atoms with Gasteiger partial charge in [-0.05, 0) is 60.5 Å². The molecule has 0 bridgehead atoms. The smallest absolute Gasteiger partial charge is 0.329 e. The van der Waals surface area contributed by atoms with Crippen LogP contribution in [0.1, 0.15) is 21.5 Å². The van der Waals surface area contributed by atoms with Gasteiger partial charge in [-0.2, -0.15) is 5.10 Å². The van der Waals surface area contributed by atoms with Gasteiger partial charge < -0.3 is 20.1 Å². The van der Waals surface area contributed by atoms with E-state index in [0.717, 1.165) is 5.56 Å². The van der Waals surface area contributed by atoms with Crippen LogP contribution in [0.5, 0.6) is 11.5 Å². The lowest BCUT2D eigenvalue weighted by Gasteiger charge is -2.11. The Morgan fingerprint density at radius 1 is 0.879 bits per heavy atom. The second-order valence-electron chi connectivity index (χ2n) is 7.14. The summed E-state index contributed by atoms with van der Waals surface area (Å²) in [6.07, 6.45) is 1.37. The zero-order valence-corrected chi connectivity index (χ0v) is 17.6. The SMILES string of the molecule is Cc1cccc(NC(=O)c2ccccc2NC(=O)C(=O)N/N=C\c2ccc3c(c2)OCO3)c1. The van der Waals surface area contributed by atoms with Crippen molar-refractivity contribution in [3.05, 3.63) is 83.4 Å². The summed E-state index contributed by atoms with van der Waals surface area (Å²) in [5, 5.41) is 9.02. The highest BCUT2D eigenvalue weighted by Crippen LogP contribution is 2.31. The molecule has 0 saturated carbocycles. The van der Waals surface area contributed by atoms with Crippen molar-refractivity contribution < 1.29 is 23.9 Å². The Hall–Kier alpha value is -4.66. The van der Waals surface area contributed by atoms with Crippen LogP contribution in [0.4, 0.5) is 11.4 Å². The van der Waals surface area contributed by atoms with Crippen LogP contribution in [-0.4, -0.2) is 30.7 Å². The summed E-state index contributed by atoms with van der Waals surface area (Å²) in [6, 6.07) is 18.9. The molecule has 166 valence electrons. The number of aryl methyl sites for hydroxylation is 1. The number of ether oxygens (including phenoxy) is 2. The van der Waals surface area contributed by atoms with Crippen LogP contribution in [0.3, 0.4) is 0 Å². The van der Waals surface area contributed by atoms with Gasteiger partial charge in [-0.15, -0.1) is 0 Å². The lowest BCUT2D eigenvalue weighted by molar-refractivity contribution is -0.136. The average molecular weight is 444 g/mol. The Bertz CT molecular complexity index is 1260. The third-order valence-electron chi connectivity index (χ3n) is 4.68. The topological polar surface area (TPSA) is 118 Å². The second-order valence-corrected chi connectivity index (χ2v) is 7.14. The Kier molecular flexibility index (Phi) is 6.31. The van der Waals surface area contributed by atoms with Crippen molar-refractivity contribution in [1.82, 2.24) is 5.43 Å². The number of nitrogens with zero attached hydrogens (tertiary/aromatic N) is 1. The summed E-state index contributed by atoms with van der Waals surface area (Å²) in [5.41, 5.74) is 4.83. The van der Waals surface area contributed by atoms with E-state index in [1.54, 1.807) is 42.5 Å². The van der Waals surface area contributed by atoms with E-state index in [0.29, 0.717) is 22.7 Å². The van der Waals surface area contributed by atoms with Gasteiger partial charge in [0.15, 0.2) is 11.5 Å². The fourth-order valence-electron chi connectivity index (χ4n) is 3.10. The number of para-hydroxylation sites is 1. The number of hydrogen-bond donors (Lipinski definition) is 3. The minimum atomic E-state index is -0.985. The Balaban J connectivity index is 1.38. The summed E-state index contributed by atoms with van der Waals surface area (Å²) in [6.45, 7) is 2.06. The molecular formula is C24H20N4O5. The van der Waals surface area contributed by atoms with E-state index < -0.39 is 17.7 Å². The van der Waals surface area contributed by atoms with Crippen LogP contribution >= 0.6 is 0 Å². The molecule has 0 aromatic heterocycles. The largest absolute Gasteiger partial charge is 0.454 e. The zero-order chi connectivity index (χ0) is 23.2. The first-order valence-electron chi connectivity index (χ1n) is 10.0. The quantitative estimate of drug-likeness (QED) is 0.318. The Morgan fingerprint density at radius 2 is 1.70 bits per heavy atom. The van der Waals surface area contributed by atoms with Gasteiger partial charge in [0, 0.05) is 5.69 Å². The van der Waals surface area contributed by atoms with Crippen molar-refractivity contribution in [2.45, 2.75) is 6.92 Å².